The number of rotatable bonds is 4. The molecule has 0 spiro atoms. The molecular weight excluding hydrogens is 196 g/mol. The van der Waals surface area contributed by atoms with Crippen LogP contribution in [-0.2, 0) is 6.54 Å². The first kappa shape index (κ1) is 11.6. The average Bonchev–Trinajstić information content (AvgIpc) is 2.38. The van der Waals surface area contributed by atoms with Gasteiger partial charge in [-0.05, 0) is 18.4 Å². The van der Waals surface area contributed by atoms with Gasteiger partial charge in [0.1, 0.15) is 0 Å². The molecule has 0 saturated heterocycles. The molecular formula is C14H22N2. The normalized spacial score (nSPS) is 17.9. The Morgan fingerprint density at radius 2 is 1.75 bits per heavy atom. The van der Waals surface area contributed by atoms with Gasteiger partial charge >= 0.3 is 0 Å². The lowest BCUT2D eigenvalue weighted by atomic mass is 9.94. The highest BCUT2D eigenvalue weighted by molar-refractivity contribution is 5.14. The molecule has 2 heteroatoms. The predicted octanol–water partition coefficient (Wildman–Crippen LogP) is 2.74. The molecule has 2 N–H and O–H groups in total. The zero-order valence-corrected chi connectivity index (χ0v) is 9.94. The van der Waals surface area contributed by atoms with Crippen molar-refractivity contribution in [2.75, 3.05) is 6.67 Å². The van der Waals surface area contributed by atoms with Gasteiger partial charge in [0.2, 0.25) is 0 Å². The molecule has 1 saturated carbocycles. The van der Waals surface area contributed by atoms with Crippen LogP contribution in [0, 0.1) is 0 Å². The molecule has 1 aliphatic carbocycles. The molecule has 88 valence electrons. The van der Waals surface area contributed by atoms with Crippen molar-refractivity contribution in [3.63, 3.8) is 0 Å². The third-order valence-corrected chi connectivity index (χ3v) is 3.55. The molecule has 0 unspecified atom stereocenters. The van der Waals surface area contributed by atoms with Crippen molar-refractivity contribution in [3.8, 4) is 0 Å². The minimum atomic E-state index is 0.680. The maximum atomic E-state index is 5.88. The van der Waals surface area contributed by atoms with E-state index in [0.717, 1.165) is 6.54 Å². The van der Waals surface area contributed by atoms with Crippen molar-refractivity contribution >= 4 is 0 Å². The van der Waals surface area contributed by atoms with Crippen molar-refractivity contribution in [1.82, 2.24) is 4.90 Å². The summed E-state index contributed by atoms with van der Waals surface area (Å²) in [5, 5.41) is 0. The van der Waals surface area contributed by atoms with Crippen LogP contribution in [-0.4, -0.2) is 17.6 Å². The summed E-state index contributed by atoms with van der Waals surface area (Å²) < 4.78 is 0. The standard InChI is InChI=1S/C14H22N2/c15-12-16(14-9-5-2-6-10-14)11-13-7-3-1-4-8-13/h1,3-4,7-8,14H,2,5-6,9-12,15H2. The van der Waals surface area contributed by atoms with E-state index in [1.165, 1.54) is 37.7 Å². The summed E-state index contributed by atoms with van der Waals surface area (Å²) in [5.41, 5.74) is 7.25. The summed E-state index contributed by atoms with van der Waals surface area (Å²) in [7, 11) is 0. The molecule has 0 radical (unpaired) electrons. The van der Waals surface area contributed by atoms with Crippen molar-refractivity contribution in [2.45, 2.75) is 44.7 Å². The number of benzene rings is 1. The maximum Gasteiger partial charge on any atom is 0.0461 e. The van der Waals surface area contributed by atoms with Crippen LogP contribution >= 0.6 is 0 Å². The zero-order valence-electron chi connectivity index (χ0n) is 9.94. The highest BCUT2D eigenvalue weighted by Crippen LogP contribution is 2.23. The Hall–Kier alpha value is -0.860. The van der Waals surface area contributed by atoms with Crippen LogP contribution in [0.25, 0.3) is 0 Å². The minimum Gasteiger partial charge on any atom is -0.318 e. The molecule has 0 atom stereocenters. The lowest BCUT2D eigenvalue weighted by molar-refractivity contribution is 0.152. The first-order valence-corrected chi connectivity index (χ1v) is 6.38. The molecule has 1 fully saturated rings. The smallest absolute Gasteiger partial charge is 0.0461 e. The molecule has 0 heterocycles. The third-order valence-electron chi connectivity index (χ3n) is 3.55. The number of nitrogens with zero attached hydrogens (tertiary/aromatic N) is 1. The summed E-state index contributed by atoms with van der Waals surface area (Å²) in [6.45, 7) is 1.68. The zero-order chi connectivity index (χ0) is 11.2. The Balaban J connectivity index is 1.94. The highest BCUT2D eigenvalue weighted by Gasteiger charge is 2.19. The molecule has 0 amide bonds. The van der Waals surface area contributed by atoms with Crippen LogP contribution in [0.4, 0.5) is 0 Å². The Morgan fingerprint density at radius 1 is 1.06 bits per heavy atom. The molecule has 1 aromatic rings. The fourth-order valence-corrected chi connectivity index (χ4v) is 2.61. The second-order valence-corrected chi connectivity index (χ2v) is 4.71. The minimum absolute atomic E-state index is 0.680. The van der Waals surface area contributed by atoms with Gasteiger partial charge in [0.05, 0.1) is 0 Å². The van der Waals surface area contributed by atoms with Crippen LogP contribution in [0.15, 0.2) is 30.3 Å². The molecule has 1 aliphatic rings. The van der Waals surface area contributed by atoms with E-state index in [0.29, 0.717) is 12.7 Å². The lowest BCUT2D eigenvalue weighted by Gasteiger charge is -2.33. The van der Waals surface area contributed by atoms with Crippen LogP contribution in [0.5, 0.6) is 0 Å². The predicted molar refractivity (Wildman–Crippen MR) is 67.9 cm³/mol. The van der Waals surface area contributed by atoms with E-state index in [-0.39, 0.29) is 0 Å². The van der Waals surface area contributed by atoms with Gasteiger partial charge in [0.25, 0.3) is 0 Å². The average molecular weight is 218 g/mol. The van der Waals surface area contributed by atoms with Crippen LogP contribution in [0.2, 0.25) is 0 Å². The van der Waals surface area contributed by atoms with Gasteiger partial charge in [-0.25, -0.2) is 0 Å². The lowest BCUT2D eigenvalue weighted by Crippen LogP contribution is -2.40. The Kier molecular flexibility index (Phi) is 4.37. The SMILES string of the molecule is NCN(Cc1ccccc1)C1CCCCC1. The van der Waals surface area contributed by atoms with Gasteiger partial charge in [0.15, 0.2) is 0 Å². The second kappa shape index (κ2) is 6.02. The van der Waals surface area contributed by atoms with Crippen LogP contribution < -0.4 is 5.73 Å². The van der Waals surface area contributed by atoms with Gasteiger partial charge in [0, 0.05) is 19.3 Å². The summed E-state index contributed by atoms with van der Waals surface area (Å²) in [6.07, 6.45) is 6.79. The first-order valence-electron chi connectivity index (χ1n) is 6.38. The molecule has 1 aromatic carbocycles. The van der Waals surface area contributed by atoms with E-state index in [1.807, 2.05) is 0 Å². The number of hydrogen-bond acceptors (Lipinski definition) is 2. The molecule has 0 aromatic heterocycles. The fourth-order valence-electron chi connectivity index (χ4n) is 2.61. The van der Waals surface area contributed by atoms with Gasteiger partial charge < -0.3 is 5.73 Å². The van der Waals surface area contributed by atoms with Gasteiger partial charge in [-0.15, -0.1) is 0 Å². The van der Waals surface area contributed by atoms with E-state index >= 15 is 0 Å². The Bertz CT molecular complexity index is 291. The van der Waals surface area contributed by atoms with Crippen molar-refractivity contribution in [1.29, 1.82) is 0 Å². The molecule has 2 nitrogen and oxygen atoms in total. The first-order chi connectivity index (χ1) is 7.90. The maximum absolute atomic E-state index is 5.88. The molecule has 16 heavy (non-hydrogen) atoms. The van der Waals surface area contributed by atoms with E-state index in [2.05, 4.69) is 35.2 Å². The van der Waals surface area contributed by atoms with Gasteiger partial charge in [-0.3, -0.25) is 4.90 Å². The van der Waals surface area contributed by atoms with Crippen molar-refractivity contribution in [2.24, 2.45) is 5.73 Å². The second-order valence-electron chi connectivity index (χ2n) is 4.71. The number of nitrogens with two attached hydrogens (primary N) is 1. The Morgan fingerprint density at radius 3 is 2.38 bits per heavy atom. The topological polar surface area (TPSA) is 29.3 Å². The molecule has 0 bridgehead atoms. The van der Waals surface area contributed by atoms with E-state index in [1.54, 1.807) is 0 Å². The van der Waals surface area contributed by atoms with E-state index in [9.17, 15) is 0 Å². The largest absolute Gasteiger partial charge is 0.318 e. The molecule has 2 rings (SSSR count). The quantitative estimate of drug-likeness (QED) is 0.787. The fraction of sp³-hybridized carbons (Fsp3) is 0.571. The summed E-state index contributed by atoms with van der Waals surface area (Å²) >= 11 is 0. The van der Waals surface area contributed by atoms with Crippen LogP contribution in [0.1, 0.15) is 37.7 Å². The van der Waals surface area contributed by atoms with Gasteiger partial charge in [-0.2, -0.15) is 0 Å². The third kappa shape index (κ3) is 3.06. The van der Waals surface area contributed by atoms with Crippen molar-refractivity contribution < 1.29 is 0 Å². The molecule has 0 aliphatic heterocycles. The highest BCUT2D eigenvalue weighted by atomic mass is 15.2. The van der Waals surface area contributed by atoms with E-state index < -0.39 is 0 Å². The Labute approximate surface area is 98.4 Å². The van der Waals surface area contributed by atoms with Gasteiger partial charge in [-0.1, -0.05) is 49.6 Å². The van der Waals surface area contributed by atoms with Crippen molar-refractivity contribution in [3.05, 3.63) is 35.9 Å². The van der Waals surface area contributed by atoms with E-state index in [4.69, 9.17) is 5.73 Å². The summed E-state index contributed by atoms with van der Waals surface area (Å²) in [6, 6.07) is 11.3. The number of hydrogen-bond donors (Lipinski definition) is 1. The van der Waals surface area contributed by atoms with Crippen LogP contribution in [0.3, 0.4) is 0 Å². The summed E-state index contributed by atoms with van der Waals surface area (Å²) in [4.78, 5) is 2.43. The monoisotopic (exact) mass is 218 g/mol. The summed E-state index contributed by atoms with van der Waals surface area (Å²) in [5.74, 6) is 0.